The third-order valence-electron chi connectivity index (χ3n) is 3.99. The molecule has 13 heavy (non-hydrogen) atoms. The Hall–Kier alpha value is -0.0400. The van der Waals surface area contributed by atoms with E-state index in [9.17, 15) is 0 Å². The van der Waals surface area contributed by atoms with Crippen molar-refractivity contribution in [3.05, 3.63) is 0 Å². The molecule has 0 saturated heterocycles. The molecule has 0 aromatic heterocycles. The smallest absolute Gasteiger partial charge is 0.00682 e. The van der Waals surface area contributed by atoms with Gasteiger partial charge >= 0.3 is 0 Å². The summed E-state index contributed by atoms with van der Waals surface area (Å²) in [5.41, 5.74) is 0.597. The van der Waals surface area contributed by atoms with E-state index in [0.29, 0.717) is 5.41 Å². The second kappa shape index (κ2) is 3.61. The Bertz CT molecular complexity index is 166. The fraction of sp³-hybridized carbons (Fsp3) is 1.00. The van der Waals surface area contributed by atoms with Gasteiger partial charge in [-0.05, 0) is 50.0 Å². The highest BCUT2D eigenvalue weighted by Crippen LogP contribution is 2.43. The first-order valence-corrected chi connectivity index (χ1v) is 5.92. The van der Waals surface area contributed by atoms with E-state index in [1.54, 1.807) is 0 Å². The standard InChI is InChI=1S/C12H23N/c1-12(2,10-4-3-5-10)8-9-13-11-6-7-11/h10-11,13H,3-9H2,1-2H3. The fourth-order valence-electron chi connectivity index (χ4n) is 2.28. The van der Waals surface area contributed by atoms with Crippen LogP contribution in [0.15, 0.2) is 0 Å². The summed E-state index contributed by atoms with van der Waals surface area (Å²) < 4.78 is 0. The molecule has 1 N–H and O–H groups in total. The van der Waals surface area contributed by atoms with Crippen molar-refractivity contribution in [2.24, 2.45) is 11.3 Å². The van der Waals surface area contributed by atoms with Gasteiger partial charge in [-0.1, -0.05) is 20.3 Å². The van der Waals surface area contributed by atoms with E-state index in [1.807, 2.05) is 0 Å². The van der Waals surface area contributed by atoms with E-state index >= 15 is 0 Å². The van der Waals surface area contributed by atoms with Gasteiger partial charge in [-0.2, -0.15) is 0 Å². The topological polar surface area (TPSA) is 12.0 Å². The van der Waals surface area contributed by atoms with Gasteiger partial charge in [-0.3, -0.25) is 0 Å². The Balaban J connectivity index is 1.64. The maximum Gasteiger partial charge on any atom is 0.00682 e. The molecular weight excluding hydrogens is 158 g/mol. The van der Waals surface area contributed by atoms with Gasteiger partial charge in [0.05, 0.1) is 0 Å². The van der Waals surface area contributed by atoms with Gasteiger partial charge in [0.25, 0.3) is 0 Å². The Morgan fingerprint density at radius 3 is 2.31 bits per heavy atom. The van der Waals surface area contributed by atoms with Crippen molar-refractivity contribution in [2.45, 2.75) is 58.4 Å². The molecule has 0 bridgehead atoms. The molecule has 2 aliphatic rings. The maximum atomic E-state index is 3.62. The summed E-state index contributed by atoms with van der Waals surface area (Å²) >= 11 is 0. The molecule has 0 aliphatic heterocycles. The van der Waals surface area contributed by atoms with Gasteiger partial charge < -0.3 is 5.32 Å². The second-order valence-electron chi connectivity index (χ2n) is 5.59. The van der Waals surface area contributed by atoms with Gasteiger partial charge in [0, 0.05) is 6.04 Å². The average Bonchev–Trinajstić information content (AvgIpc) is 2.64. The lowest BCUT2D eigenvalue weighted by Crippen LogP contribution is -2.33. The van der Waals surface area contributed by atoms with E-state index in [2.05, 4.69) is 19.2 Å². The van der Waals surface area contributed by atoms with Crippen LogP contribution in [-0.4, -0.2) is 12.6 Å². The lowest BCUT2D eigenvalue weighted by Gasteiger charge is -2.40. The van der Waals surface area contributed by atoms with E-state index in [4.69, 9.17) is 0 Å². The fourth-order valence-corrected chi connectivity index (χ4v) is 2.28. The first-order valence-electron chi connectivity index (χ1n) is 5.92. The summed E-state index contributed by atoms with van der Waals surface area (Å²) in [5.74, 6) is 1.02. The number of hydrogen-bond donors (Lipinski definition) is 1. The third kappa shape index (κ3) is 2.46. The van der Waals surface area contributed by atoms with E-state index in [-0.39, 0.29) is 0 Å². The summed E-state index contributed by atoms with van der Waals surface area (Å²) in [4.78, 5) is 0. The predicted molar refractivity (Wildman–Crippen MR) is 56.8 cm³/mol. The van der Waals surface area contributed by atoms with Crippen molar-refractivity contribution in [1.29, 1.82) is 0 Å². The molecule has 2 aliphatic carbocycles. The van der Waals surface area contributed by atoms with E-state index in [1.165, 1.54) is 45.1 Å². The van der Waals surface area contributed by atoms with Crippen LogP contribution in [0.25, 0.3) is 0 Å². The number of hydrogen-bond acceptors (Lipinski definition) is 1. The molecule has 2 fully saturated rings. The summed E-state index contributed by atoms with van der Waals surface area (Å²) in [6.45, 7) is 6.14. The molecule has 1 heteroatoms. The molecule has 0 amide bonds. The van der Waals surface area contributed by atoms with Crippen molar-refractivity contribution in [3.63, 3.8) is 0 Å². The average molecular weight is 181 g/mol. The predicted octanol–water partition coefficient (Wildman–Crippen LogP) is 2.95. The van der Waals surface area contributed by atoms with Crippen LogP contribution in [0.2, 0.25) is 0 Å². The van der Waals surface area contributed by atoms with Gasteiger partial charge in [-0.15, -0.1) is 0 Å². The molecule has 76 valence electrons. The van der Waals surface area contributed by atoms with Crippen molar-refractivity contribution < 1.29 is 0 Å². The van der Waals surface area contributed by atoms with Crippen molar-refractivity contribution in [2.75, 3.05) is 6.54 Å². The minimum absolute atomic E-state index is 0.597. The molecule has 0 aromatic carbocycles. The van der Waals surface area contributed by atoms with Gasteiger partial charge in [0.15, 0.2) is 0 Å². The lowest BCUT2D eigenvalue weighted by atomic mass is 9.66. The normalized spacial score (nSPS) is 24.5. The van der Waals surface area contributed by atoms with Gasteiger partial charge in [0.1, 0.15) is 0 Å². The highest BCUT2D eigenvalue weighted by Gasteiger charge is 2.33. The lowest BCUT2D eigenvalue weighted by molar-refractivity contribution is 0.111. The molecule has 2 rings (SSSR count). The first-order chi connectivity index (χ1) is 6.18. The minimum Gasteiger partial charge on any atom is -0.314 e. The van der Waals surface area contributed by atoms with Crippen LogP contribution in [0.3, 0.4) is 0 Å². The number of rotatable bonds is 5. The zero-order valence-corrected chi connectivity index (χ0v) is 9.10. The second-order valence-corrected chi connectivity index (χ2v) is 5.59. The zero-order chi connectivity index (χ0) is 9.31. The maximum absolute atomic E-state index is 3.62. The molecular formula is C12H23N. The van der Waals surface area contributed by atoms with Crippen molar-refractivity contribution in [3.8, 4) is 0 Å². The van der Waals surface area contributed by atoms with Crippen LogP contribution in [0, 0.1) is 11.3 Å². The number of nitrogens with one attached hydrogen (secondary N) is 1. The van der Waals surface area contributed by atoms with Crippen LogP contribution in [-0.2, 0) is 0 Å². The Kier molecular flexibility index (Phi) is 2.64. The third-order valence-corrected chi connectivity index (χ3v) is 3.99. The van der Waals surface area contributed by atoms with Crippen LogP contribution in [0.5, 0.6) is 0 Å². The highest BCUT2D eigenvalue weighted by molar-refractivity contribution is 4.86. The monoisotopic (exact) mass is 181 g/mol. The largest absolute Gasteiger partial charge is 0.314 e. The van der Waals surface area contributed by atoms with Gasteiger partial charge in [0.2, 0.25) is 0 Å². The Morgan fingerprint density at radius 2 is 1.85 bits per heavy atom. The van der Waals surface area contributed by atoms with E-state index < -0.39 is 0 Å². The van der Waals surface area contributed by atoms with Crippen LogP contribution >= 0.6 is 0 Å². The molecule has 1 nitrogen and oxygen atoms in total. The molecule has 0 heterocycles. The molecule has 0 spiro atoms. The summed E-state index contributed by atoms with van der Waals surface area (Å²) in [5, 5.41) is 3.62. The molecule has 0 unspecified atom stereocenters. The van der Waals surface area contributed by atoms with Crippen molar-refractivity contribution in [1.82, 2.24) is 5.32 Å². The molecule has 2 saturated carbocycles. The summed E-state index contributed by atoms with van der Waals surface area (Å²) in [6.07, 6.45) is 8.65. The van der Waals surface area contributed by atoms with Crippen LogP contribution in [0.1, 0.15) is 52.4 Å². The van der Waals surface area contributed by atoms with Crippen LogP contribution < -0.4 is 5.32 Å². The molecule has 0 radical (unpaired) electrons. The SMILES string of the molecule is CC(C)(CCNC1CC1)C1CCC1. The summed E-state index contributed by atoms with van der Waals surface area (Å²) in [6, 6.07) is 0.886. The molecule has 0 aromatic rings. The first kappa shape index (κ1) is 9.51. The highest BCUT2D eigenvalue weighted by atomic mass is 14.9. The molecule has 0 atom stereocenters. The zero-order valence-electron chi connectivity index (χ0n) is 9.10. The minimum atomic E-state index is 0.597. The quantitative estimate of drug-likeness (QED) is 0.687. The van der Waals surface area contributed by atoms with Crippen LogP contribution in [0.4, 0.5) is 0 Å². The Labute approximate surface area is 82.3 Å². The van der Waals surface area contributed by atoms with Gasteiger partial charge in [-0.25, -0.2) is 0 Å². The summed E-state index contributed by atoms with van der Waals surface area (Å²) in [7, 11) is 0. The van der Waals surface area contributed by atoms with Crippen molar-refractivity contribution >= 4 is 0 Å². The van der Waals surface area contributed by atoms with E-state index in [0.717, 1.165) is 12.0 Å². The Morgan fingerprint density at radius 1 is 1.15 bits per heavy atom.